The van der Waals surface area contributed by atoms with Crippen LogP contribution in [0, 0.1) is 11.3 Å². The van der Waals surface area contributed by atoms with Crippen molar-refractivity contribution < 1.29 is 14.3 Å². The lowest BCUT2D eigenvalue weighted by atomic mass is 9.57. The molecule has 9 nitrogen and oxygen atoms in total. The summed E-state index contributed by atoms with van der Waals surface area (Å²) in [7, 11) is 1.92. The summed E-state index contributed by atoms with van der Waals surface area (Å²) < 4.78 is 7.26. The van der Waals surface area contributed by atoms with Crippen LogP contribution in [0.3, 0.4) is 0 Å². The molecule has 4 rings (SSSR count). The zero-order valence-corrected chi connectivity index (χ0v) is 22.6. The number of carbonyl (C=O) groups excluding carboxylic acids is 2. The molecule has 1 aliphatic carbocycles. The summed E-state index contributed by atoms with van der Waals surface area (Å²) in [5.74, 6) is 1.76. The third kappa shape index (κ3) is 6.18. The first-order valence-corrected chi connectivity index (χ1v) is 13.0. The van der Waals surface area contributed by atoms with E-state index >= 15 is 0 Å². The molecule has 196 valence electrons. The third-order valence-electron chi connectivity index (χ3n) is 6.88. The number of nitrogens with zero attached hydrogens (tertiary/aromatic N) is 5. The maximum absolute atomic E-state index is 12.6. The molecule has 2 fully saturated rings. The van der Waals surface area contributed by atoms with Gasteiger partial charge in [0.25, 0.3) is 0 Å². The second-order valence-corrected chi connectivity index (χ2v) is 11.5. The number of amides is 2. The van der Waals surface area contributed by atoms with Crippen molar-refractivity contribution in [1.82, 2.24) is 29.9 Å². The first-order valence-electron chi connectivity index (χ1n) is 12.6. The molecular weight excluding hydrogens is 480 g/mol. The number of rotatable bonds is 8. The minimum absolute atomic E-state index is 0.0510. The van der Waals surface area contributed by atoms with Gasteiger partial charge >= 0.3 is 6.09 Å². The number of likely N-dealkylation sites (N-methyl/N-ethyl adjacent to an activating group) is 1. The molecule has 1 spiro atoms. The Morgan fingerprint density at radius 2 is 1.89 bits per heavy atom. The van der Waals surface area contributed by atoms with Gasteiger partial charge in [0.15, 0.2) is 5.82 Å². The minimum atomic E-state index is -0.531. The summed E-state index contributed by atoms with van der Waals surface area (Å²) in [6.07, 6.45) is 1.47. The molecule has 0 atom stereocenters. The molecular formula is C26H37ClN6O3. The molecule has 2 heterocycles. The highest BCUT2D eigenvalue weighted by molar-refractivity contribution is 6.30. The summed E-state index contributed by atoms with van der Waals surface area (Å²) in [5, 5.41) is 8.25. The van der Waals surface area contributed by atoms with Gasteiger partial charge in [-0.1, -0.05) is 11.6 Å². The smallest absolute Gasteiger partial charge is 0.410 e. The molecule has 1 N–H and O–H groups in total. The van der Waals surface area contributed by atoms with Crippen molar-refractivity contribution in [3.8, 4) is 11.4 Å². The van der Waals surface area contributed by atoms with E-state index in [0.29, 0.717) is 30.5 Å². The van der Waals surface area contributed by atoms with Gasteiger partial charge in [-0.15, -0.1) is 0 Å². The van der Waals surface area contributed by atoms with Crippen LogP contribution < -0.4 is 5.32 Å². The maximum Gasteiger partial charge on any atom is 0.410 e. The standard InChI is InChI=1S/C26H37ClN6O3/c1-6-33(24(35)36-25(2,3)4)12-11-28-23(34)19-13-26(14-19)16-32(17-26)15-21-29-22(30-31(21)5)18-7-9-20(27)10-8-18/h7-10,19H,6,11-17H2,1-5H3,(H,28,34). The normalized spacial score (nSPS) is 17.4. The van der Waals surface area contributed by atoms with E-state index in [2.05, 4.69) is 15.3 Å². The minimum Gasteiger partial charge on any atom is -0.444 e. The third-order valence-corrected chi connectivity index (χ3v) is 7.13. The lowest BCUT2D eigenvalue weighted by Crippen LogP contribution is -2.63. The maximum atomic E-state index is 12.6. The van der Waals surface area contributed by atoms with Crippen LogP contribution in [0.15, 0.2) is 24.3 Å². The number of hydrogen-bond donors (Lipinski definition) is 1. The highest BCUT2D eigenvalue weighted by Crippen LogP contribution is 2.52. The summed E-state index contributed by atoms with van der Waals surface area (Å²) in [5.41, 5.74) is 0.657. The molecule has 2 amide bonds. The van der Waals surface area contributed by atoms with E-state index in [1.807, 2.05) is 63.7 Å². The van der Waals surface area contributed by atoms with E-state index in [0.717, 1.165) is 43.9 Å². The molecule has 2 aliphatic rings. The van der Waals surface area contributed by atoms with Gasteiger partial charge in [-0.25, -0.2) is 9.78 Å². The Bertz CT molecular complexity index is 1080. The summed E-state index contributed by atoms with van der Waals surface area (Å²) in [4.78, 5) is 33.5. The van der Waals surface area contributed by atoms with Crippen LogP contribution in [0.1, 0.15) is 46.4 Å². The Morgan fingerprint density at radius 3 is 2.50 bits per heavy atom. The van der Waals surface area contributed by atoms with Gasteiger partial charge < -0.3 is 15.0 Å². The molecule has 10 heteroatoms. The lowest BCUT2D eigenvalue weighted by molar-refractivity contribution is -0.145. The molecule has 1 saturated heterocycles. The second kappa shape index (κ2) is 10.4. The Labute approximate surface area is 218 Å². The topological polar surface area (TPSA) is 92.6 Å². The number of aryl methyl sites for hydroxylation is 1. The van der Waals surface area contributed by atoms with Crippen LogP contribution in [-0.2, 0) is 23.1 Å². The van der Waals surface area contributed by atoms with Gasteiger partial charge in [0.1, 0.15) is 11.4 Å². The van der Waals surface area contributed by atoms with Crippen LogP contribution in [0.2, 0.25) is 5.02 Å². The average molecular weight is 517 g/mol. The monoisotopic (exact) mass is 516 g/mol. The molecule has 1 saturated carbocycles. The fourth-order valence-electron chi connectivity index (χ4n) is 5.08. The Balaban J connectivity index is 1.18. The van der Waals surface area contributed by atoms with E-state index in [1.165, 1.54) is 0 Å². The molecule has 1 aliphatic heterocycles. The van der Waals surface area contributed by atoms with Gasteiger partial charge in [0, 0.05) is 56.3 Å². The number of nitrogens with one attached hydrogen (secondary N) is 1. The van der Waals surface area contributed by atoms with Crippen molar-refractivity contribution in [2.75, 3.05) is 32.7 Å². The quantitative estimate of drug-likeness (QED) is 0.575. The summed E-state index contributed by atoms with van der Waals surface area (Å²) in [6, 6.07) is 7.54. The van der Waals surface area contributed by atoms with Crippen molar-refractivity contribution in [1.29, 1.82) is 0 Å². The first kappa shape index (κ1) is 26.4. The van der Waals surface area contributed by atoms with E-state index in [4.69, 9.17) is 21.3 Å². The van der Waals surface area contributed by atoms with Crippen LogP contribution in [0.25, 0.3) is 11.4 Å². The van der Waals surface area contributed by atoms with Crippen LogP contribution >= 0.6 is 11.6 Å². The summed E-state index contributed by atoms with van der Waals surface area (Å²) >= 11 is 5.98. The first-order chi connectivity index (χ1) is 17.0. The largest absolute Gasteiger partial charge is 0.444 e. The van der Waals surface area contributed by atoms with Crippen molar-refractivity contribution in [3.05, 3.63) is 35.1 Å². The number of benzene rings is 1. The van der Waals surface area contributed by atoms with Gasteiger partial charge in [-0.3, -0.25) is 14.4 Å². The highest BCUT2D eigenvalue weighted by atomic mass is 35.5. The van der Waals surface area contributed by atoms with Crippen molar-refractivity contribution in [2.24, 2.45) is 18.4 Å². The van der Waals surface area contributed by atoms with Gasteiger partial charge in [0.2, 0.25) is 5.91 Å². The number of halogens is 1. The van der Waals surface area contributed by atoms with Crippen LogP contribution in [0.5, 0.6) is 0 Å². The van der Waals surface area contributed by atoms with E-state index in [9.17, 15) is 9.59 Å². The second-order valence-electron chi connectivity index (χ2n) is 11.1. The fraction of sp³-hybridized carbons (Fsp3) is 0.615. The van der Waals surface area contributed by atoms with E-state index < -0.39 is 5.60 Å². The molecule has 1 aromatic heterocycles. The zero-order valence-electron chi connectivity index (χ0n) is 21.9. The molecule has 2 aromatic rings. The van der Waals surface area contributed by atoms with Crippen molar-refractivity contribution in [2.45, 2.75) is 52.7 Å². The van der Waals surface area contributed by atoms with Crippen molar-refractivity contribution >= 4 is 23.6 Å². The predicted molar refractivity (Wildman–Crippen MR) is 138 cm³/mol. The molecule has 0 unspecified atom stereocenters. The molecule has 36 heavy (non-hydrogen) atoms. The number of aromatic nitrogens is 3. The number of ether oxygens (including phenoxy) is 1. The number of likely N-dealkylation sites (tertiary alicyclic amines) is 1. The van der Waals surface area contributed by atoms with E-state index in [-0.39, 0.29) is 23.3 Å². The summed E-state index contributed by atoms with van der Waals surface area (Å²) in [6.45, 7) is 11.6. The number of carbonyl (C=O) groups is 2. The van der Waals surface area contributed by atoms with Crippen LogP contribution in [-0.4, -0.2) is 74.9 Å². The fourth-order valence-corrected chi connectivity index (χ4v) is 5.21. The highest BCUT2D eigenvalue weighted by Gasteiger charge is 2.54. The van der Waals surface area contributed by atoms with Gasteiger partial charge in [-0.2, -0.15) is 5.10 Å². The van der Waals surface area contributed by atoms with Crippen LogP contribution in [0.4, 0.5) is 4.79 Å². The van der Waals surface area contributed by atoms with Gasteiger partial charge in [-0.05, 0) is 70.2 Å². The SMILES string of the molecule is CCN(CCNC(=O)C1CC2(C1)CN(Cc1nc(-c3ccc(Cl)cc3)nn1C)C2)C(=O)OC(C)(C)C. The molecule has 0 bridgehead atoms. The Hall–Kier alpha value is -2.65. The molecule has 1 aromatic carbocycles. The Morgan fingerprint density at radius 1 is 1.22 bits per heavy atom. The van der Waals surface area contributed by atoms with E-state index in [1.54, 1.807) is 4.90 Å². The molecule has 0 radical (unpaired) electrons. The lowest BCUT2D eigenvalue weighted by Gasteiger charge is -2.58. The zero-order chi connectivity index (χ0) is 26.1. The Kier molecular flexibility index (Phi) is 7.61. The average Bonchev–Trinajstić information content (AvgIpc) is 3.11. The van der Waals surface area contributed by atoms with Gasteiger partial charge in [0.05, 0.1) is 6.54 Å². The van der Waals surface area contributed by atoms with Crippen molar-refractivity contribution in [3.63, 3.8) is 0 Å². The predicted octanol–water partition coefficient (Wildman–Crippen LogP) is 3.72. The number of hydrogen-bond acceptors (Lipinski definition) is 6.